The number of carbonyl (C=O) groups is 2. The van der Waals surface area contributed by atoms with Gasteiger partial charge in [-0.3, -0.25) is 14.5 Å². The molecule has 2 aliphatic heterocycles. The van der Waals surface area contributed by atoms with E-state index in [0.29, 0.717) is 21.4 Å². The summed E-state index contributed by atoms with van der Waals surface area (Å²) >= 11 is 6.47. The molecule has 3 rings (SSSR count). The SMILES string of the molecule is COc1ccccc1C=C1SC(=S)N(CCC(=O)NC2CCS(=O)(=O)C2)C1=O. The lowest BCUT2D eigenvalue weighted by Gasteiger charge is -2.15. The molecule has 1 N–H and O–H groups in total. The van der Waals surface area contributed by atoms with Crippen molar-refractivity contribution in [2.75, 3.05) is 25.2 Å². The molecule has 0 radical (unpaired) electrons. The number of ether oxygens (including phenoxy) is 1. The predicted molar refractivity (Wildman–Crippen MR) is 113 cm³/mol. The molecule has 10 heteroatoms. The number of rotatable bonds is 6. The fourth-order valence-corrected chi connectivity index (χ4v) is 6.01. The highest BCUT2D eigenvalue weighted by Crippen LogP contribution is 2.34. The zero-order valence-corrected chi connectivity index (χ0v) is 17.7. The third-order valence-electron chi connectivity index (χ3n) is 4.46. The van der Waals surface area contributed by atoms with Gasteiger partial charge in [-0.15, -0.1) is 0 Å². The minimum atomic E-state index is -3.05. The van der Waals surface area contributed by atoms with Crippen molar-refractivity contribution in [1.82, 2.24) is 10.2 Å². The summed E-state index contributed by atoms with van der Waals surface area (Å²) in [6.45, 7) is 0.152. The summed E-state index contributed by atoms with van der Waals surface area (Å²) in [4.78, 5) is 26.6. The lowest BCUT2D eigenvalue weighted by molar-refractivity contribution is -0.124. The van der Waals surface area contributed by atoms with Gasteiger partial charge < -0.3 is 10.1 Å². The Bertz CT molecular complexity index is 942. The molecular weight excluding hydrogens is 420 g/mol. The van der Waals surface area contributed by atoms with E-state index in [4.69, 9.17) is 17.0 Å². The van der Waals surface area contributed by atoms with Crippen molar-refractivity contribution in [3.05, 3.63) is 34.7 Å². The van der Waals surface area contributed by atoms with Gasteiger partial charge in [0.2, 0.25) is 5.91 Å². The highest BCUT2D eigenvalue weighted by Gasteiger charge is 2.33. The molecule has 1 atom stereocenters. The molecule has 2 aliphatic rings. The van der Waals surface area contributed by atoms with Gasteiger partial charge in [0.15, 0.2) is 9.84 Å². The largest absolute Gasteiger partial charge is 0.496 e. The van der Waals surface area contributed by atoms with Crippen LogP contribution in [0, 0.1) is 0 Å². The summed E-state index contributed by atoms with van der Waals surface area (Å²) in [7, 11) is -1.49. The summed E-state index contributed by atoms with van der Waals surface area (Å²) in [5.41, 5.74) is 0.769. The zero-order valence-electron chi connectivity index (χ0n) is 15.2. The monoisotopic (exact) mass is 440 g/mol. The molecule has 1 aromatic rings. The fraction of sp³-hybridized carbons (Fsp3) is 0.389. The summed E-state index contributed by atoms with van der Waals surface area (Å²) in [6, 6.07) is 6.99. The smallest absolute Gasteiger partial charge is 0.266 e. The van der Waals surface area contributed by atoms with E-state index in [9.17, 15) is 18.0 Å². The first kappa shape index (κ1) is 20.8. The maximum atomic E-state index is 12.7. The lowest BCUT2D eigenvalue weighted by atomic mass is 10.2. The highest BCUT2D eigenvalue weighted by atomic mass is 32.2. The van der Waals surface area contributed by atoms with E-state index >= 15 is 0 Å². The summed E-state index contributed by atoms with van der Waals surface area (Å²) in [5.74, 6) is 0.183. The first-order valence-electron chi connectivity index (χ1n) is 8.67. The van der Waals surface area contributed by atoms with Gasteiger partial charge in [0.25, 0.3) is 5.91 Å². The quantitative estimate of drug-likeness (QED) is 0.530. The zero-order chi connectivity index (χ0) is 20.3. The molecule has 0 bridgehead atoms. The van der Waals surface area contributed by atoms with E-state index in [1.54, 1.807) is 19.3 Å². The van der Waals surface area contributed by atoms with Crippen LogP contribution in [-0.2, 0) is 19.4 Å². The van der Waals surface area contributed by atoms with Crippen LogP contribution in [0.1, 0.15) is 18.4 Å². The molecule has 150 valence electrons. The van der Waals surface area contributed by atoms with E-state index in [1.165, 1.54) is 16.7 Å². The van der Waals surface area contributed by atoms with Crippen molar-refractivity contribution in [2.45, 2.75) is 18.9 Å². The van der Waals surface area contributed by atoms with Crippen molar-refractivity contribution in [3.63, 3.8) is 0 Å². The van der Waals surface area contributed by atoms with Crippen molar-refractivity contribution in [2.24, 2.45) is 0 Å². The van der Waals surface area contributed by atoms with Crippen LogP contribution in [0.15, 0.2) is 29.2 Å². The second kappa shape index (κ2) is 8.62. The number of hydrogen-bond acceptors (Lipinski definition) is 7. The number of carbonyl (C=O) groups excluding carboxylic acids is 2. The van der Waals surface area contributed by atoms with Gasteiger partial charge in [-0.2, -0.15) is 0 Å². The van der Waals surface area contributed by atoms with Crippen LogP contribution < -0.4 is 10.1 Å². The van der Waals surface area contributed by atoms with Crippen LogP contribution in [-0.4, -0.2) is 60.7 Å². The maximum Gasteiger partial charge on any atom is 0.266 e. The number of amides is 2. The number of para-hydroxylation sites is 1. The van der Waals surface area contributed by atoms with E-state index in [0.717, 1.165) is 5.56 Å². The molecule has 0 spiro atoms. The first-order valence-corrected chi connectivity index (χ1v) is 11.7. The fourth-order valence-electron chi connectivity index (χ4n) is 3.04. The van der Waals surface area contributed by atoms with Gasteiger partial charge in [-0.25, -0.2) is 8.42 Å². The third-order valence-corrected chi connectivity index (χ3v) is 7.60. The Morgan fingerprint density at radius 3 is 2.86 bits per heavy atom. The van der Waals surface area contributed by atoms with Crippen LogP contribution >= 0.6 is 24.0 Å². The minimum Gasteiger partial charge on any atom is -0.496 e. The van der Waals surface area contributed by atoms with Crippen molar-refractivity contribution in [3.8, 4) is 5.75 Å². The highest BCUT2D eigenvalue weighted by molar-refractivity contribution is 8.26. The molecule has 2 amide bonds. The normalized spacial score (nSPS) is 22.7. The van der Waals surface area contributed by atoms with Crippen LogP contribution in [0.3, 0.4) is 0 Å². The van der Waals surface area contributed by atoms with Crippen molar-refractivity contribution in [1.29, 1.82) is 0 Å². The third kappa shape index (κ3) is 4.92. The van der Waals surface area contributed by atoms with Gasteiger partial charge in [0, 0.05) is 24.6 Å². The van der Waals surface area contributed by atoms with E-state index in [2.05, 4.69) is 5.32 Å². The molecule has 2 heterocycles. The molecule has 0 aromatic heterocycles. The average molecular weight is 441 g/mol. The van der Waals surface area contributed by atoms with Crippen LogP contribution in [0.4, 0.5) is 0 Å². The van der Waals surface area contributed by atoms with Crippen molar-refractivity contribution < 1.29 is 22.7 Å². The number of hydrogen-bond donors (Lipinski definition) is 1. The van der Waals surface area contributed by atoms with Gasteiger partial charge in [-0.1, -0.05) is 42.2 Å². The number of nitrogens with one attached hydrogen (secondary N) is 1. The van der Waals surface area contributed by atoms with Crippen molar-refractivity contribution >= 4 is 56.0 Å². The average Bonchev–Trinajstić information content (AvgIpc) is 3.12. The number of nitrogens with zero attached hydrogens (tertiary/aromatic N) is 1. The Hall–Kier alpha value is -1.91. The Morgan fingerprint density at radius 2 is 2.18 bits per heavy atom. The van der Waals surface area contributed by atoms with Gasteiger partial charge in [0.1, 0.15) is 10.1 Å². The van der Waals surface area contributed by atoms with Crippen LogP contribution in [0.25, 0.3) is 6.08 Å². The van der Waals surface area contributed by atoms with E-state index in [1.807, 2.05) is 18.2 Å². The number of thioether (sulfide) groups is 1. The number of thiocarbonyl (C=S) groups is 1. The minimum absolute atomic E-state index is 0.0263. The summed E-state index contributed by atoms with van der Waals surface area (Å²) in [6.07, 6.45) is 2.21. The standard InChI is InChI=1S/C18H20N2O5S3/c1-25-14-5-3-2-4-12(14)10-15-17(22)20(18(26)27-15)8-6-16(21)19-13-7-9-28(23,24)11-13/h2-5,10,13H,6-9,11H2,1H3,(H,19,21). The first-order chi connectivity index (χ1) is 13.3. The molecule has 1 unspecified atom stereocenters. The number of methoxy groups -OCH3 is 1. The summed E-state index contributed by atoms with van der Waals surface area (Å²) in [5, 5.41) is 2.72. The second-order valence-corrected chi connectivity index (χ2v) is 10.4. The molecule has 1 aromatic carbocycles. The Morgan fingerprint density at radius 1 is 1.43 bits per heavy atom. The molecule has 2 fully saturated rings. The number of benzene rings is 1. The van der Waals surface area contributed by atoms with Gasteiger partial charge in [0.05, 0.1) is 23.5 Å². The molecular formula is C18H20N2O5S3. The Labute approximate surface area is 173 Å². The van der Waals surface area contributed by atoms with E-state index in [-0.39, 0.29) is 42.3 Å². The Kier molecular flexibility index (Phi) is 6.41. The van der Waals surface area contributed by atoms with Gasteiger partial charge >= 0.3 is 0 Å². The second-order valence-electron chi connectivity index (χ2n) is 6.49. The van der Waals surface area contributed by atoms with Crippen LogP contribution in [0.2, 0.25) is 0 Å². The van der Waals surface area contributed by atoms with E-state index < -0.39 is 9.84 Å². The lowest BCUT2D eigenvalue weighted by Crippen LogP contribution is -2.38. The number of sulfone groups is 1. The molecule has 2 saturated heterocycles. The molecule has 0 saturated carbocycles. The molecule has 28 heavy (non-hydrogen) atoms. The predicted octanol–water partition coefficient (Wildman–Crippen LogP) is 1.59. The molecule has 0 aliphatic carbocycles. The maximum absolute atomic E-state index is 12.7. The Balaban J connectivity index is 1.59. The van der Waals surface area contributed by atoms with Crippen LogP contribution in [0.5, 0.6) is 5.75 Å². The topological polar surface area (TPSA) is 92.8 Å². The van der Waals surface area contributed by atoms with Gasteiger partial charge in [-0.05, 0) is 18.6 Å². The molecule has 7 nitrogen and oxygen atoms in total. The summed E-state index contributed by atoms with van der Waals surface area (Å²) < 4.78 is 28.6.